The molecule has 0 spiro atoms. The van der Waals surface area contributed by atoms with Crippen LogP contribution in [0.4, 0.5) is 18.9 Å². The molecule has 2 heterocycles. The molecule has 3 nitrogen and oxygen atoms in total. The molecule has 0 fully saturated rings. The van der Waals surface area contributed by atoms with Crippen LogP contribution in [0.25, 0.3) is 0 Å². The van der Waals surface area contributed by atoms with Crippen LogP contribution in [0, 0.1) is 0 Å². The van der Waals surface area contributed by atoms with Crippen LogP contribution in [0.15, 0.2) is 46.0 Å². The lowest BCUT2D eigenvalue weighted by molar-refractivity contribution is -0.274. The summed E-state index contributed by atoms with van der Waals surface area (Å²) in [6.45, 7) is 0. The Morgan fingerprint density at radius 1 is 1.21 bits per heavy atom. The van der Waals surface area contributed by atoms with E-state index in [2.05, 4.69) is 9.73 Å². The van der Waals surface area contributed by atoms with Gasteiger partial charge in [0, 0.05) is 6.42 Å². The molecule has 1 aliphatic rings. The Bertz CT molecular complexity index is 630. The minimum atomic E-state index is -4.68. The third kappa shape index (κ3) is 2.47. The molecule has 0 bridgehead atoms. The van der Waals surface area contributed by atoms with Gasteiger partial charge in [0.15, 0.2) is 0 Å². The summed E-state index contributed by atoms with van der Waals surface area (Å²) >= 11 is 0. The quantitative estimate of drug-likeness (QED) is 0.828. The molecule has 0 unspecified atom stereocenters. The maximum atomic E-state index is 12.1. The molecule has 1 aromatic carbocycles. The van der Waals surface area contributed by atoms with Crippen molar-refractivity contribution < 1.29 is 22.3 Å². The number of furan rings is 1. The van der Waals surface area contributed by atoms with Gasteiger partial charge in [-0.3, -0.25) is 0 Å². The Balaban J connectivity index is 1.85. The number of hydrogen-bond acceptors (Lipinski definition) is 3. The first-order valence-corrected chi connectivity index (χ1v) is 5.51. The summed E-state index contributed by atoms with van der Waals surface area (Å²) in [4.78, 5) is 4.32. The van der Waals surface area contributed by atoms with Crippen molar-refractivity contribution in [2.75, 3.05) is 0 Å². The van der Waals surface area contributed by atoms with E-state index in [9.17, 15) is 13.2 Å². The molecule has 1 aromatic heterocycles. The van der Waals surface area contributed by atoms with E-state index in [0.29, 0.717) is 29.1 Å². The molecule has 0 aliphatic carbocycles. The van der Waals surface area contributed by atoms with E-state index >= 15 is 0 Å². The van der Waals surface area contributed by atoms with E-state index in [4.69, 9.17) is 4.42 Å². The minimum absolute atomic E-state index is 0.234. The summed E-state index contributed by atoms with van der Waals surface area (Å²) in [7, 11) is 0. The minimum Gasteiger partial charge on any atom is -0.463 e. The van der Waals surface area contributed by atoms with E-state index < -0.39 is 6.36 Å². The monoisotopic (exact) mass is 267 g/mol. The average Bonchev–Trinajstić information content (AvgIpc) is 2.94. The smallest absolute Gasteiger partial charge is 0.463 e. The fourth-order valence-electron chi connectivity index (χ4n) is 1.96. The number of nitrogens with zero attached hydrogens (tertiary/aromatic N) is 1. The van der Waals surface area contributed by atoms with E-state index in [0.717, 1.165) is 0 Å². The standard InChI is InChI=1S/C13H8F3NO2/c14-13(15,16)19-9-3-4-10-8(6-9)7-11(17-10)12-2-1-5-18-12/h1-6H,7H2. The lowest BCUT2D eigenvalue weighted by atomic mass is 10.1. The normalized spacial score (nSPS) is 14.2. The van der Waals surface area contributed by atoms with Gasteiger partial charge in [-0.2, -0.15) is 0 Å². The van der Waals surface area contributed by atoms with Crippen molar-refractivity contribution in [1.29, 1.82) is 0 Å². The highest BCUT2D eigenvalue weighted by molar-refractivity contribution is 6.04. The average molecular weight is 267 g/mol. The number of aliphatic imine (C=N–C) groups is 1. The molecule has 0 radical (unpaired) electrons. The lowest BCUT2D eigenvalue weighted by Gasteiger charge is -2.09. The van der Waals surface area contributed by atoms with Gasteiger partial charge >= 0.3 is 6.36 Å². The molecule has 3 rings (SSSR count). The maximum absolute atomic E-state index is 12.1. The SMILES string of the molecule is FC(F)(F)Oc1ccc2c(c1)CC(c1ccco1)=N2. The lowest BCUT2D eigenvalue weighted by Crippen LogP contribution is -2.17. The second kappa shape index (κ2) is 4.15. The van der Waals surface area contributed by atoms with Gasteiger partial charge in [-0.05, 0) is 35.9 Å². The van der Waals surface area contributed by atoms with Crippen molar-refractivity contribution in [3.8, 4) is 5.75 Å². The highest BCUT2D eigenvalue weighted by Gasteiger charge is 2.31. The van der Waals surface area contributed by atoms with Gasteiger partial charge in [-0.15, -0.1) is 13.2 Å². The molecular formula is C13H8F3NO2. The molecule has 1 aliphatic heterocycles. The molecule has 98 valence electrons. The Labute approximate surface area is 106 Å². The topological polar surface area (TPSA) is 34.7 Å². The first kappa shape index (κ1) is 11.8. The van der Waals surface area contributed by atoms with Crippen LogP contribution in [0.1, 0.15) is 11.3 Å². The van der Waals surface area contributed by atoms with Gasteiger partial charge in [0.25, 0.3) is 0 Å². The Morgan fingerprint density at radius 2 is 2.05 bits per heavy atom. The molecule has 0 saturated carbocycles. The molecule has 2 aromatic rings. The number of fused-ring (bicyclic) bond motifs is 1. The summed E-state index contributed by atoms with van der Waals surface area (Å²) in [5.74, 6) is 0.386. The predicted octanol–water partition coefficient (Wildman–Crippen LogP) is 3.86. The number of benzene rings is 1. The number of hydrogen-bond donors (Lipinski definition) is 0. The van der Waals surface area contributed by atoms with Crippen molar-refractivity contribution >= 4 is 11.4 Å². The summed E-state index contributed by atoms with van der Waals surface area (Å²) in [6, 6.07) is 7.60. The predicted molar refractivity (Wildman–Crippen MR) is 61.7 cm³/mol. The van der Waals surface area contributed by atoms with Crippen LogP contribution in [-0.2, 0) is 6.42 Å². The van der Waals surface area contributed by atoms with Crippen LogP contribution >= 0.6 is 0 Å². The molecule has 0 saturated heterocycles. The highest BCUT2D eigenvalue weighted by atomic mass is 19.4. The van der Waals surface area contributed by atoms with E-state index in [1.807, 2.05) is 0 Å². The third-order valence-corrected chi connectivity index (χ3v) is 2.70. The van der Waals surface area contributed by atoms with Crippen LogP contribution in [0.5, 0.6) is 5.75 Å². The van der Waals surface area contributed by atoms with Crippen LogP contribution in [0.2, 0.25) is 0 Å². The molecule has 0 atom stereocenters. The first-order valence-electron chi connectivity index (χ1n) is 5.51. The van der Waals surface area contributed by atoms with Gasteiger partial charge in [-0.1, -0.05) is 0 Å². The Kier molecular flexibility index (Phi) is 2.58. The summed E-state index contributed by atoms with van der Waals surface area (Å²) in [6.07, 6.45) is -2.73. The number of ether oxygens (including phenoxy) is 1. The molecule has 0 amide bonds. The van der Waals surface area contributed by atoms with Gasteiger partial charge < -0.3 is 9.15 Å². The first-order chi connectivity index (χ1) is 9.01. The zero-order valence-corrected chi connectivity index (χ0v) is 9.57. The second-order valence-corrected chi connectivity index (χ2v) is 4.05. The van der Waals surface area contributed by atoms with E-state index in [1.165, 1.54) is 24.5 Å². The number of halogens is 3. The Hall–Kier alpha value is -2.24. The number of alkyl halides is 3. The van der Waals surface area contributed by atoms with Gasteiger partial charge in [-0.25, -0.2) is 4.99 Å². The van der Waals surface area contributed by atoms with Crippen molar-refractivity contribution in [3.63, 3.8) is 0 Å². The maximum Gasteiger partial charge on any atom is 0.573 e. The molecule has 19 heavy (non-hydrogen) atoms. The summed E-state index contributed by atoms with van der Waals surface area (Å²) in [5.41, 5.74) is 2.03. The van der Waals surface area contributed by atoms with Crippen molar-refractivity contribution in [2.24, 2.45) is 4.99 Å². The van der Waals surface area contributed by atoms with Crippen molar-refractivity contribution in [3.05, 3.63) is 47.9 Å². The Morgan fingerprint density at radius 3 is 2.74 bits per heavy atom. The van der Waals surface area contributed by atoms with Crippen molar-refractivity contribution in [1.82, 2.24) is 0 Å². The fourth-order valence-corrected chi connectivity index (χ4v) is 1.96. The van der Waals surface area contributed by atoms with Crippen LogP contribution in [-0.4, -0.2) is 12.1 Å². The van der Waals surface area contributed by atoms with Crippen molar-refractivity contribution in [2.45, 2.75) is 12.8 Å². The van der Waals surface area contributed by atoms with Gasteiger partial charge in [0.05, 0.1) is 17.7 Å². The molecule has 6 heteroatoms. The fraction of sp³-hybridized carbons (Fsp3) is 0.154. The largest absolute Gasteiger partial charge is 0.573 e. The van der Waals surface area contributed by atoms with Crippen LogP contribution < -0.4 is 4.74 Å². The number of rotatable bonds is 2. The van der Waals surface area contributed by atoms with Gasteiger partial charge in [0.1, 0.15) is 11.5 Å². The molecular weight excluding hydrogens is 259 g/mol. The van der Waals surface area contributed by atoms with Crippen LogP contribution in [0.3, 0.4) is 0 Å². The third-order valence-electron chi connectivity index (χ3n) is 2.70. The zero-order valence-electron chi connectivity index (χ0n) is 9.57. The van der Waals surface area contributed by atoms with Gasteiger partial charge in [0.2, 0.25) is 0 Å². The summed E-state index contributed by atoms with van der Waals surface area (Å²) in [5, 5.41) is 0. The highest BCUT2D eigenvalue weighted by Crippen LogP contribution is 2.33. The zero-order chi connectivity index (χ0) is 13.5. The van der Waals surface area contributed by atoms with E-state index in [-0.39, 0.29) is 5.75 Å². The molecule has 0 N–H and O–H groups in total. The van der Waals surface area contributed by atoms with E-state index in [1.54, 1.807) is 12.1 Å². The second-order valence-electron chi connectivity index (χ2n) is 4.05. The summed E-state index contributed by atoms with van der Waals surface area (Å²) < 4.78 is 45.5.